The van der Waals surface area contributed by atoms with Crippen LogP contribution in [0.15, 0.2) is 24.3 Å². The van der Waals surface area contributed by atoms with Gasteiger partial charge in [0.1, 0.15) is 12.2 Å². The predicted octanol–water partition coefficient (Wildman–Crippen LogP) is 3.60. The zero-order chi connectivity index (χ0) is 15.4. The third-order valence-corrected chi connectivity index (χ3v) is 3.85. The highest BCUT2D eigenvalue weighted by atomic mass is 16.6. The molecule has 21 heavy (non-hydrogen) atoms. The molecule has 2 rings (SSSR count). The highest BCUT2D eigenvalue weighted by Gasteiger charge is 2.32. The Bertz CT molecular complexity index is 483. The van der Waals surface area contributed by atoms with E-state index in [-0.39, 0.29) is 24.2 Å². The number of hydrogen-bond acceptors (Lipinski definition) is 3. The molecule has 0 spiro atoms. The Balaban J connectivity index is 2.13. The van der Waals surface area contributed by atoms with Crippen molar-refractivity contribution in [2.24, 2.45) is 5.92 Å². The topological polar surface area (TPSA) is 47.6 Å². The molecular weight excluding hydrogens is 266 g/mol. The van der Waals surface area contributed by atoms with Crippen LogP contribution in [0.2, 0.25) is 0 Å². The van der Waals surface area contributed by atoms with Crippen LogP contribution >= 0.6 is 0 Å². The number of ether oxygens (including phenoxy) is 2. The van der Waals surface area contributed by atoms with Crippen molar-refractivity contribution >= 4 is 6.09 Å². The fraction of sp³-hybridized carbons (Fsp3) is 0.588. The smallest absolute Gasteiger partial charge is 0.407 e. The Labute approximate surface area is 126 Å². The first-order chi connectivity index (χ1) is 10.0. The minimum absolute atomic E-state index is 0.166. The molecule has 4 heteroatoms. The Hall–Kier alpha value is -1.55. The minimum atomic E-state index is -0.341. The van der Waals surface area contributed by atoms with Gasteiger partial charge in [0.25, 0.3) is 0 Å². The van der Waals surface area contributed by atoms with E-state index in [1.807, 2.05) is 45.0 Å². The second-order valence-electron chi connectivity index (χ2n) is 6.05. The van der Waals surface area contributed by atoms with Crippen LogP contribution in [0.25, 0.3) is 0 Å². The molecule has 1 fully saturated rings. The highest BCUT2D eigenvalue weighted by molar-refractivity contribution is 5.68. The Morgan fingerprint density at radius 3 is 2.48 bits per heavy atom. The Morgan fingerprint density at radius 1 is 1.29 bits per heavy atom. The van der Waals surface area contributed by atoms with E-state index in [0.29, 0.717) is 6.04 Å². The third kappa shape index (κ3) is 4.21. The van der Waals surface area contributed by atoms with Crippen molar-refractivity contribution in [1.29, 1.82) is 0 Å². The van der Waals surface area contributed by atoms with Gasteiger partial charge in [0.15, 0.2) is 0 Å². The molecule has 1 aromatic rings. The monoisotopic (exact) mass is 291 g/mol. The average molecular weight is 291 g/mol. The number of aryl methyl sites for hydroxylation is 1. The molecule has 1 N–H and O–H groups in total. The van der Waals surface area contributed by atoms with Gasteiger partial charge in [-0.2, -0.15) is 0 Å². The summed E-state index contributed by atoms with van der Waals surface area (Å²) in [6.07, 6.45) is 1.19. The third-order valence-electron chi connectivity index (χ3n) is 3.85. The lowest BCUT2D eigenvalue weighted by molar-refractivity contribution is -0.0453. The van der Waals surface area contributed by atoms with Gasteiger partial charge in [-0.1, -0.05) is 38.1 Å². The zero-order valence-electron chi connectivity index (χ0n) is 13.3. The van der Waals surface area contributed by atoms with Gasteiger partial charge in [-0.3, -0.25) is 0 Å². The van der Waals surface area contributed by atoms with Crippen molar-refractivity contribution in [3.63, 3.8) is 0 Å². The van der Waals surface area contributed by atoms with Gasteiger partial charge >= 0.3 is 6.09 Å². The molecule has 0 aromatic heterocycles. The number of amides is 1. The molecule has 0 bridgehead atoms. The normalized spacial score (nSPS) is 17.4. The highest BCUT2D eigenvalue weighted by Crippen LogP contribution is 2.30. The summed E-state index contributed by atoms with van der Waals surface area (Å²) >= 11 is 0. The van der Waals surface area contributed by atoms with Crippen LogP contribution in [-0.2, 0) is 9.47 Å². The lowest BCUT2D eigenvalue weighted by Crippen LogP contribution is -2.37. The van der Waals surface area contributed by atoms with Crippen LogP contribution in [0.3, 0.4) is 0 Å². The fourth-order valence-corrected chi connectivity index (χ4v) is 2.44. The summed E-state index contributed by atoms with van der Waals surface area (Å²) in [5.41, 5.74) is 2.21. The molecule has 0 radical (unpaired) electrons. The van der Waals surface area contributed by atoms with E-state index in [2.05, 4.69) is 5.32 Å². The van der Waals surface area contributed by atoms with E-state index < -0.39 is 0 Å². The SMILES string of the molecule is COC(c1ccccc1C)C(OC(=O)NC1CC1)C(C)C. The molecule has 2 unspecified atom stereocenters. The number of benzene rings is 1. The molecule has 1 amide bonds. The fourth-order valence-electron chi connectivity index (χ4n) is 2.44. The van der Waals surface area contributed by atoms with E-state index in [9.17, 15) is 4.79 Å². The zero-order valence-corrected chi connectivity index (χ0v) is 13.3. The average Bonchev–Trinajstić information content (AvgIpc) is 3.24. The molecule has 1 aliphatic carbocycles. The number of hydrogen-bond donors (Lipinski definition) is 1. The van der Waals surface area contributed by atoms with Crippen LogP contribution in [0, 0.1) is 12.8 Å². The molecular formula is C17H25NO3. The van der Waals surface area contributed by atoms with E-state index >= 15 is 0 Å². The van der Waals surface area contributed by atoms with Gasteiger partial charge in [0.2, 0.25) is 0 Å². The first-order valence-electron chi connectivity index (χ1n) is 7.58. The maximum atomic E-state index is 12.0. The van der Waals surface area contributed by atoms with Gasteiger partial charge in [-0.25, -0.2) is 4.79 Å². The van der Waals surface area contributed by atoms with Crippen molar-refractivity contribution < 1.29 is 14.3 Å². The van der Waals surface area contributed by atoms with E-state index in [4.69, 9.17) is 9.47 Å². The number of carbonyl (C=O) groups is 1. The van der Waals surface area contributed by atoms with Crippen LogP contribution in [0.1, 0.15) is 43.9 Å². The second-order valence-corrected chi connectivity index (χ2v) is 6.05. The Morgan fingerprint density at radius 2 is 1.95 bits per heavy atom. The number of nitrogens with one attached hydrogen (secondary N) is 1. The van der Waals surface area contributed by atoms with Gasteiger partial charge < -0.3 is 14.8 Å². The summed E-state index contributed by atoms with van der Waals surface area (Å²) in [5.74, 6) is 0.166. The van der Waals surface area contributed by atoms with Crippen LogP contribution in [-0.4, -0.2) is 25.3 Å². The number of alkyl carbamates (subject to hydrolysis) is 1. The predicted molar refractivity (Wildman–Crippen MR) is 82.2 cm³/mol. The first-order valence-corrected chi connectivity index (χ1v) is 7.58. The van der Waals surface area contributed by atoms with Gasteiger partial charge in [0.05, 0.1) is 0 Å². The van der Waals surface area contributed by atoms with Crippen molar-refractivity contribution in [1.82, 2.24) is 5.32 Å². The summed E-state index contributed by atoms with van der Waals surface area (Å²) < 4.78 is 11.3. The molecule has 0 heterocycles. The molecule has 0 saturated heterocycles. The summed E-state index contributed by atoms with van der Waals surface area (Å²) in [6, 6.07) is 8.35. The quantitative estimate of drug-likeness (QED) is 0.871. The molecule has 0 aliphatic heterocycles. The number of methoxy groups -OCH3 is 1. The second kappa shape index (κ2) is 6.94. The van der Waals surface area contributed by atoms with Crippen LogP contribution in [0.4, 0.5) is 4.79 Å². The molecule has 2 atom stereocenters. The van der Waals surface area contributed by atoms with Gasteiger partial charge in [-0.15, -0.1) is 0 Å². The summed E-state index contributed by atoms with van der Waals surface area (Å²) in [6.45, 7) is 6.13. The van der Waals surface area contributed by atoms with Crippen molar-refractivity contribution in [3.05, 3.63) is 35.4 Å². The lowest BCUT2D eigenvalue weighted by atomic mass is 9.93. The molecule has 116 valence electrons. The van der Waals surface area contributed by atoms with E-state index in [0.717, 1.165) is 24.0 Å². The summed E-state index contributed by atoms with van der Waals surface area (Å²) in [7, 11) is 1.66. The number of carbonyl (C=O) groups excluding carboxylic acids is 1. The largest absolute Gasteiger partial charge is 0.443 e. The van der Waals surface area contributed by atoms with Crippen LogP contribution < -0.4 is 5.32 Å². The van der Waals surface area contributed by atoms with Gasteiger partial charge in [0, 0.05) is 13.2 Å². The first kappa shape index (κ1) is 15.8. The molecule has 4 nitrogen and oxygen atoms in total. The van der Waals surface area contributed by atoms with Crippen LogP contribution in [0.5, 0.6) is 0 Å². The number of rotatable bonds is 6. The maximum absolute atomic E-state index is 12.0. The summed E-state index contributed by atoms with van der Waals surface area (Å²) in [5, 5.41) is 2.87. The molecule has 1 aliphatic rings. The van der Waals surface area contributed by atoms with Crippen molar-refractivity contribution in [2.45, 2.75) is 51.9 Å². The molecule has 1 aromatic carbocycles. The van der Waals surface area contributed by atoms with E-state index in [1.54, 1.807) is 7.11 Å². The maximum Gasteiger partial charge on any atom is 0.407 e. The standard InChI is InChI=1S/C17H25NO3/c1-11(2)15(21-17(19)18-13-9-10-13)16(20-4)14-8-6-5-7-12(14)3/h5-8,11,13,15-16H,9-10H2,1-4H3,(H,18,19). The minimum Gasteiger partial charge on any atom is -0.443 e. The Kier molecular flexibility index (Phi) is 5.23. The van der Waals surface area contributed by atoms with Crippen molar-refractivity contribution in [2.75, 3.05) is 7.11 Å². The van der Waals surface area contributed by atoms with Gasteiger partial charge in [-0.05, 0) is 36.8 Å². The van der Waals surface area contributed by atoms with E-state index in [1.165, 1.54) is 0 Å². The lowest BCUT2D eigenvalue weighted by Gasteiger charge is -2.30. The molecule has 1 saturated carbocycles. The summed E-state index contributed by atoms with van der Waals surface area (Å²) in [4.78, 5) is 12.0. The van der Waals surface area contributed by atoms with Crippen molar-refractivity contribution in [3.8, 4) is 0 Å².